The minimum Gasteiger partial charge on any atom is -0.465 e. The van der Waals surface area contributed by atoms with E-state index in [0.717, 1.165) is 38.7 Å². The largest absolute Gasteiger partial charge is 0.465 e. The topological polar surface area (TPSA) is 68.6 Å². The molecule has 0 N–H and O–H groups in total. The third-order valence-electron chi connectivity index (χ3n) is 4.93. The lowest BCUT2D eigenvalue weighted by molar-refractivity contribution is -0.145. The van der Waals surface area contributed by atoms with Crippen molar-refractivity contribution in [1.29, 1.82) is 0 Å². The second kappa shape index (κ2) is 9.18. The molecule has 32 heavy (non-hydrogen) atoms. The van der Waals surface area contributed by atoms with Crippen LogP contribution in [0.5, 0.6) is 0 Å². The molecule has 0 saturated carbocycles. The number of hydrogen-bond donors (Lipinski definition) is 0. The fourth-order valence-corrected chi connectivity index (χ4v) is 4.52. The number of hydrogen-bond acceptors (Lipinski definition) is 5. The maximum Gasteiger partial charge on any atom is 0.326 e. The molecule has 0 unspecified atom stereocenters. The second-order valence-corrected chi connectivity index (χ2v) is 8.44. The fraction of sp³-hybridized carbons (Fsp3) is 0.174. The van der Waals surface area contributed by atoms with Gasteiger partial charge in [-0.05, 0) is 48.5 Å². The molecule has 2 aromatic carbocycles. The molecule has 0 bridgehead atoms. The first kappa shape index (κ1) is 22.1. The van der Waals surface area contributed by atoms with Crippen molar-refractivity contribution in [3.05, 3.63) is 75.5 Å². The van der Waals surface area contributed by atoms with Crippen LogP contribution in [0.3, 0.4) is 0 Å². The van der Waals surface area contributed by atoms with E-state index in [9.17, 15) is 18.8 Å². The molecule has 3 aromatic rings. The van der Waals surface area contributed by atoms with Crippen molar-refractivity contribution in [2.75, 3.05) is 13.2 Å². The van der Waals surface area contributed by atoms with Gasteiger partial charge in [0.25, 0.3) is 11.1 Å². The zero-order valence-corrected chi connectivity index (χ0v) is 18.6. The summed E-state index contributed by atoms with van der Waals surface area (Å²) in [6.45, 7) is 1.81. The Bertz CT molecular complexity index is 1270. The van der Waals surface area contributed by atoms with Crippen LogP contribution in [-0.2, 0) is 20.9 Å². The number of nitrogens with zero attached hydrogens (tertiary/aromatic N) is 2. The lowest BCUT2D eigenvalue weighted by Crippen LogP contribution is -2.34. The lowest BCUT2D eigenvalue weighted by atomic mass is 10.1. The summed E-state index contributed by atoms with van der Waals surface area (Å²) in [6, 6.07) is 11.9. The number of ether oxygens (including phenoxy) is 1. The fourth-order valence-electron chi connectivity index (χ4n) is 3.47. The molecule has 1 saturated heterocycles. The number of carbonyl (C=O) groups is 3. The summed E-state index contributed by atoms with van der Waals surface area (Å²) in [5.74, 6) is -1.58. The summed E-state index contributed by atoms with van der Waals surface area (Å²) in [5, 5.41) is 0.684. The van der Waals surface area contributed by atoms with E-state index >= 15 is 0 Å². The number of esters is 1. The number of carbonyl (C=O) groups excluding carboxylic acids is 3. The molecule has 0 atom stereocenters. The summed E-state index contributed by atoms with van der Waals surface area (Å²) >= 11 is 6.98. The van der Waals surface area contributed by atoms with Gasteiger partial charge in [-0.2, -0.15) is 0 Å². The highest BCUT2D eigenvalue weighted by Gasteiger charge is 2.36. The summed E-state index contributed by atoms with van der Waals surface area (Å²) < 4.78 is 20.2. The third kappa shape index (κ3) is 4.42. The Morgan fingerprint density at radius 3 is 2.75 bits per heavy atom. The summed E-state index contributed by atoms with van der Waals surface area (Å²) in [4.78, 5) is 37.8. The summed E-state index contributed by atoms with van der Waals surface area (Å²) in [5.41, 5.74) is 2.38. The van der Waals surface area contributed by atoms with E-state index in [1.165, 1.54) is 12.1 Å². The van der Waals surface area contributed by atoms with E-state index in [-0.39, 0.29) is 11.5 Å². The molecule has 1 aromatic heterocycles. The van der Waals surface area contributed by atoms with Gasteiger partial charge in [-0.15, -0.1) is 0 Å². The number of fused-ring (bicyclic) bond motifs is 1. The number of benzene rings is 2. The van der Waals surface area contributed by atoms with Crippen molar-refractivity contribution in [1.82, 2.24) is 9.47 Å². The summed E-state index contributed by atoms with van der Waals surface area (Å²) in [6.07, 6.45) is 3.49. The van der Waals surface area contributed by atoms with Gasteiger partial charge in [0.15, 0.2) is 0 Å². The Morgan fingerprint density at radius 2 is 2.00 bits per heavy atom. The van der Waals surface area contributed by atoms with Crippen LogP contribution in [0.2, 0.25) is 5.02 Å². The van der Waals surface area contributed by atoms with Gasteiger partial charge >= 0.3 is 5.97 Å². The van der Waals surface area contributed by atoms with Crippen LogP contribution in [-0.4, -0.2) is 39.7 Å². The van der Waals surface area contributed by atoms with Gasteiger partial charge in [0.2, 0.25) is 0 Å². The Kier molecular flexibility index (Phi) is 6.34. The molecule has 1 aliphatic rings. The van der Waals surface area contributed by atoms with Crippen LogP contribution >= 0.6 is 23.4 Å². The SMILES string of the molecule is CCOC(=O)CN1C(=O)S/C(=C\c2cn(Cc3ccc(F)cc3Cl)c3ccccc23)C1=O. The first-order chi connectivity index (χ1) is 15.4. The van der Waals surface area contributed by atoms with Crippen molar-refractivity contribution in [3.8, 4) is 0 Å². The maximum atomic E-state index is 13.4. The molecule has 0 radical (unpaired) electrons. The molecule has 1 fully saturated rings. The van der Waals surface area contributed by atoms with Crippen LogP contribution in [0, 0.1) is 5.82 Å². The monoisotopic (exact) mass is 472 g/mol. The van der Waals surface area contributed by atoms with Gasteiger partial charge in [0.05, 0.1) is 11.5 Å². The third-order valence-corrected chi connectivity index (χ3v) is 6.19. The number of aromatic nitrogens is 1. The Labute approximate surface area is 192 Å². The van der Waals surface area contributed by atoms with Gasteiger partial charge in [-0.25, -0.2) is 4.39 Å². The molecule has 9 heteroatoms. The van der Waals surface area contributed by atoms with E-state index in [0.29, 0.717) is 11.6 Å². The molecule has 6 nitrogen and oxygen atoms in total. The zero-order chi connectivity index (χ0) is 22.8. The molecule has 4 rings (SSSR count). The standard InChI is InChI=1S/C23H18ClFN2O4S/c1-2-31-21(28)13-27-22(29)20(32-23(27)30)9-15-12-26(19-6-4-3-5-17(15)19)11-14-7-8-16(25)10-18(14)24/h3-10,12H,2,11,13H2,1H3/b20-9-. The number of amides is 2. The van der Waals surface area contributed by atoms with E-state index in [1.54, 1.807) is 19.1 Å². The maximum absolute atomic E-state index is 13.4. The van der Waals surface area contributed by atoms with E-state index < -0.39 is 29.5 Å². The predicted octanol–water partition coefficient (Wildman–Crippen LogP) is 5.08. The summed E-state index contributed by atoms with van der Waals surface area (Å²) in [7, 11) is 0. The number of thioether (sulfide) groups is 1. The van der Waals surface area contributed by atoms with Gasteiger partial charge in [0.1, 0.15) is 12.4 Å². The lowest BCUT2D eigenvalue weighted by Gasteiger charge is -2.10. The van der Waals surface area contributed by atoms with Crippen molar-refractivity contribution in [2.45, 2.75) is 13.5 Å². The van der Waals surface area contributed by atoms with E-state index in [1.807, 2.05) is 35.0 Å². The number of halogens is 2. The van der Waals surface area contributed by atoms with E-state index in [2.05, 4.69) is 0 Å². The normalized spacial score (nSPS) is 15.2. The van der Waals surface area contributed by atoms with Crippen LogP contribution in [0.15, 0.2) is 53.6 Å². The average Bonchev–Trinajstić information content (AvgIpc) is 3.23. The molecule has 0 spiro atoms. The van der Waals surface area contributed by atoms with Crippen LogP contribution in [0.4, 0.5) is 9.18 Å². The predicted molar refractivity (Wildman–Crippen MR) is 122 cm³/mol. The number of para-hydroxylation sites is 1. The Hall–Kier alpha value is -3.10. The van der Waals surface area contributed by atoms with E-state index in [4.69, 9.17) is 16.3 Å². The number of imide groups is 1. The van der Waals surface area contributed by atoms with Crippen molar-refractivity contribution in [2.24, 2.45) is 0 Å². The molecule has 164 valence electrons. The minimum absolute atomic E-state index is 0.169. The van der Waals surface area contributed by atoms with Crippen molar-refractivity contribution in [3.63, 3.8) is 0 Å². The highest BCUT2D eigenvalue weighted by molar-refractivity contribution is 8.18. The average molecular weight is 473 g/mol. The molecular weight excluding hydrogens is 455 g/mol. The molecule has 2 heterocycles. The van der Waals surface area contributed by atoms with Crippen LogP contribution < -0.4 is 0 Å². The Morgan fingerprint density at radius 1 is 1.22 bits per heavy atom. The minimum atomic E-state index is -0.635. The van der Waals surface area contributed by atoms with Gasteiger partial charge in [0, 0.05) is 34.2 Å². The number of rotatable bonds is 6. The molecule has 1 aliphatic heterocycles. The Balaban J connectivity index is 1.67. The second-order valence-electron chi connectivity index (χ2n) is 7.04. The zero-order valence-electron chi connectivity index (χ0n) is 17.0. The highest BCUT2D eigenvalue weighted by Crippen LogP contribution is 2.34. The molecule has 0 aliphatic carbocycles. The first-order valence-electron chi connectivity index (χ1n) is 9.80. The van der Waals surface area contributed by atoms with Crippen molar-refractivity contribution >= 4 is 57.5 Å². The first-order valence-corrected chi connectivity index (χ1v) is 11.0. The van der Waals surface area contributed by atoms with Crippen molar-refractivity contribution < 1.29 is 23.5 Å². The molecular formula is C23H18ClFN2O4S. The van der Waals surface area contributed by atoms with Gasteiger partial charge < -0.3 is 9.30 Å². The smallest absolute Gasteiger partial charge is 0.326 e. The molecule has 2 amide bonds. The van der Waals surface area contributed by atoms with Gasteiger partial charge in [-0.3, -0.25) is 19.3 Å². The van der Waals surface area contributed by atoms with Crippen LogP contribution in [0.25, 0.3) is 17.0 Å². The van der Waals surface area contributed by atoms with Crippen LogP contribution in [0.1, 0.15) is 18.1 Å². The van der Waals surface area contributed by atoms with Gasteiger partial charge in [-0.1, -0.05) is 35.9 Å². The quantitative estimate of drug-likeness (QED) is 0.369. The highest BCUT2D eigenvalue weighted by atomic mass is 35.5.